The van der Waals surface area contributed by atoms with Gasteiger partial charge in [0.05, 0.1) is 21.3 Å². The minimum Gasteiger partial charge on any atom is -0.493 e. The second kappa shape index (κ2) is 9.28. The number of nitriles is 1. The summed E-state index contributed by atoms with van der Waals surface area (Å²) in [5.74, 6) is 2.19. The predicted octanol–water partition coefficient (Wildman–Crippen LogP) is 3.75. The summed E-state index contributed by atoms with van der Waals surface area (Å²) in [4.78, 5) is 8.25. The molecule has 0 bridgehead atoms. The molecule has 0 radical (unpaired) electrons. The molecule has 2 heterocycles. The number of rotatable bonds is 8. The van der Waals surface area contributed by atoms with E-state index in [1.54, 1.807) is 58.0 Å². The molecule has 0 aliphatic carbocycles. The first-order chi connectivity index (χ1) is 14.2. The molecule has 8 nitrogen and oxygen atoms in total. The standard InChI is InChI=1S/C21H20N4O4/c1-26-17-9-14(10-18(27-2)20(17)28-3)6-7-19-25-16(11-22)21(29-19)24-13-15-5-4-8-23-12-15/h4-10,12,24H,13H2,1-3H3/b7-6+. The van der Waals surface area contributed by atoms with Crippen molar-refractivity contribution in [3.05, 3.63) is 59.4 Å². The summed E-state index contributed by atoms with van der Waals surface area (Å²) in [5.41, 5.74) is 1.93. The molecule has 29 heavy (non-hydrogen) atoms. The van der Waals surface area contributed by atoms with Gasteiger partial charge in [0.1, 0.15) is 6.07 Å². The largest absolute Gasteiger partial charge is 0.493 e. The molecule has 3 aromatic rings. The minimum atomic E-state index is 0.179. The number of pyridine rings is 1. The van der Waals surface area contributed by atoms with Crippen molar-refractivity contribution < 1.29 is 18.6 Å². The number of oxazole rings is 1. The Kier molecular flexibility index (Phi) is 6.32. The zero-order valence-corrected chi connectivity index (χ0v) is 16.3. The van der Waals surface area contributed by atoms with E-state index in [0.29, 0.717) is 35.6 Å². The Bertz CT molecular complexity index is 1010. The number of aromatic nitrogens is 2. The summed E-state index contributed by atoms with van der Waals surface area (Å²) < 4.78 is 21.7. The van der Waals surface area contributed by atoms with E-state index in [1.165, 1.54) is 0 Å². The Labute approximate surface area is 168 Å². The topological polar surface area (TPSA) is 102 Å². The molecular formula is C21H20N4O4. The molecular weight excluding hydrogens is 372 g/mol. The van der Waals surface area contributed by atoms with E-state index in [0.717, 1.165) is 11.1 Å². The number of nitrogens with one attached hydrogen (secondary N) is 1. The predicted molar refractivity (Wildman–Crippen MR) is 108 cm³/mol. The van der Waals surface area contributed by atoms with E-state index in [1.807, 2.05) is 18.2 Å². The lowest BCUT2D eigenvalue weighted by atomic mass is 10.1. The van der Waals surface area contributed by atoms with Crippen LogP contribution in [-0.4, -0.2) is 31.3 Å². The van der Waals surface area contributed by atoms with E-state index in [2.05, 4.69) is 15.3 Å². The first-order valence-corrected chi connectivity index (χ1v) is 8.70. The zero-order valence-electron chi connectivity index (χ0n) is 16.3. The Balaban J connectivity index is 1.80. The summed E-state index contributed by atoms with van der Waals surface area (Å²) in [6, 6.07) is 9.39. The lowest BCUT2D eigenvalue weighted by Gasteiger charge is -2.12. The highest BCUT2D eigenvalue weighted by molar-refractivity contribution is 5.71. The first-order valence-electron chi connectivity index (χ1n) is 8.70. The molecule has 2 aromatic heterocycles. The molecule has 0 aliphatic heterocycles. The summed E-state index contributed by atoms with van der Waals surface area (Å²) in [6.07, 6.45) is 6.88. The molecule has 0 aliphatic rings. The van der Waals surface area contributed by atoms with Gasteiger partial charge in [-0.25, -0.2) is 0 Å². The van der Waals surface area contributed by atoms with Crippen LogP contribution in [0.1, 0.15) is 22.7 Å². The molecule has 0 saturated carbocycles. The molecule has 8 heteroatoms. The van der Waals surface area contributed by atoms with Crippen LogP contribution in [0.2, 0.25) is 0 Å². The number of benzene rings is 1. The summed E-state index contributed by atoms with van der Waals surface area (Å²) >= 11 is 0. The van der Waals surface area contributed by atoms with Crippen LogP contribution in [0.4, 0.5) is 5.88 Å². The van der Waals surface area contributed by atoms with E-state index in [4.69, 9.17) is 18.6 Å². The van der Waals surface area contributed by atoms with Gasteiger partial charge in [-0.3, -0.25) is 4.98 Å². The van der Waals surface area contributed by atoms with Crippen molar-refractivity contribution in [1.29, 1.82) is 5.26 Å². The Hall–Kier alpha value is -3.99. The van der Waals surface area contributed by atoms with Crippen molar-refractivity contribution in [2.75, 3.05) is 26.6 Å². The van der Waals surface area contributed by atoms with E-state index in [9.17, 15) is 5.26 Å². The number of hydrogen-bond acceptors (Lipinski definition) is 8. The maximum absolute atomic E-state index is 9.31. The van der Waals surface area contributed by atoms with Crippen LogP contribution < -0.4 is 19.5 Å². The lowest BCUT2D eigenvalue weighted by molar-refractivity contribution is 0.324. The number of ether oxygens (including phenoxy) is 3. The van der Waals surface area contributed by atoms with Crippen molar-refractivity contribution in [3.63, 3.8) is 0 Å². The Morgan fingerprint density at radius 2 is 1.90 bits per heavy atom. The van der Waals surface area contributed by atoms with Crippen LogP contribution in [0, 0.1) is 11.3 Å². The molecule has 0 fully saturated rings. The normalized spacial score (nSPS) is 10.6. The van der Waals surface area contributed by atoms with Crippen molar-refractivity contribution in [3.8, 4) is 23.3 Å². The molecule has 148 valence electrons. The molecule has 3 rings (SSSR count). The van der Waals surface area contributed by atoms with Crippen LogP contribution in [0.3, 0.4) is 0 Å². The van der Waals surface area contributed by atoms with Crippen LogP contribution in [0.15, 0.2) is 41.1 Å². The second-order valence-electron chi connectivity index (χ2n) is 5.85. The molecule has 0 saturated heterocycles. The number of nitrogens with zero attached hydrogens (tertiary/aromatic N) is 3. The van der Waals surface area contributed by atoms with Gasteiger partial charge in [0.15, 0.2) is 11.5 Å². The van der Waals surface area contributed by atoms with Gasteiger partial charge in [0, 0.05) is 25.0 Å². The van der Waals surface area contributed by atoms with Crippen molar-refractivity contribution >= 4 is 18.0 Å². The third kappa shape index (κ3) is 4.65. The Morgan fingerprint density at radius 1 is 1.14 bits per heavy atom. The first kappa shape index (κ1) is 19.8. The fourth-order valence-corrected chi connectivity index (χ4v) is 2.65. The van der Waals surface area contributed by atoms with Gasteiger partial charge < -0.3 is 23.9 Å². The quantitative estimate of drug-likeness (QED) is 0.618. The fourth-order valence-electron chi connectivity index (χ4n) is 2.65. The minimum absolute atomic E-state index is 0.179. The molecule has 1 aromatic carbocycles. The molecule has 1 N–H and O–H groups in total. The van der Waals surface area contributed by atoms with Gasteiger partial charge in [-0.15, -0.1) is 0 Å². The highest BCUT2D eigenvalue weighted by atomic mass is 16.5. The lowest BCUT2D eigenvalue weighted by Crippen LogP contribution is -1.99. The Morgan fingerprint density at radius 3 is 2.48 bits per heavy atom. The maximum atomic E-state index is 9.31. The average Bonchev–Trinajstić information content (AvgIpc) is 3.18. The monoisotopic (exact) mass is 392 g/mol. The van der Waals surface area contributed by atoms with Crippen LogP contribution >= 0.6 is 0 Å². The van der Waals surface area contributed by atoms with Gasteiger partial charge in [-0.1, -0.05) is 6.07 Å². The molecule has 0 atom stereocenters. The van der Waals surface area contributed by atoms with Crippen LogP contribution in [0.5, 0.6) is 17.2 Å². The summed E-state index contributed by atoms with van der Waals surface area (Å²) in [5, 5.41) is 12.4. The third-order valence-corrected chi connectivity index (χ3v) is 4.03. The fraction of sp³-hybridized carbons (Fsp3) is 0.190. The SMILES string of the molecule is COc1cc(/C=C/c2nc(C#N)c(NCc3cccnc3)o2)cc(OC)c1OC. The van der Waals surface area contributed by atoms with Crippen LogP contribution in [0.25, 0.3) is 12.2 Å². The number of hydrogen-bond donors (Lipinski definition) is 1. The maximum Gasteiger partial charge on any atom is 0.232 e. The molecule has 0 amide bonds. The number of anilines is 1. The molecule has 0 spiro atoms. The second-order valence-corrected chi connectivity index (χ2v) is 5.85. The van der Waals surface area contributed by atoms with Gasteiger partial charge in [-0.2, -0.15) is 10.2 Å². The highest BCUT2D eigenvalue weighted by Crippen LogP contribution is 2.38. The van der Waals surface area contributed by atoms with Gasteiger partial charge >= 0.3 is 0 Å². The molecule has 0 unspecified atom stereocenters. The van der Waals surface area contributed by atoms with Crippen molar-refractivity contribution in [1.82, 2.24) is 9.97 Å². The van der Waals surface area contributed by atoms with Gasteiger partial charge in [0.2, 0.25) is 23.2 Å². The summed E-state index contributed by atoms with van der Waals surface area (Å²) in [7, 11) is 4.66. The van der Waals surface area contributed by atoms with Crippen molar-refractivity contribution in [2.45, 2.75) is 6.54 Å². The van der Waals surface area contributed by atoms with E-state index < -0.39 is 0 Å². The smallest absolute Gasteiger partial charge is 0.232 e. The zero-order chi connectivity index (χ0) is 20.6. The van der Waals surface area contributed by atoms with Crippen LogP contribution in [-0.2, 0) is 6.54 Å². The highest BCUT2D eigenvalue weighted by Gasteiger charge is 2.13. The van der Waals surface area contributed by atoms with E-state index >= 15 is 0 Å². The van der Waals surface area contributed by atoms with E-state index in [-0.39, 0.29) is 5.69 Å². The van der Waals surface area contributed by atoms with Gasteiger partial charge in [0.25, 0.3) is 0 Å². The summed E-state index contributed by atoms with van der Waals surface area (Å²) in [6.45, 7) is 0.466. The number of methoxy groups -OCH3 is 3. The average molecular weight is 392 g/mol. The third-order valence-electron chi connectivity index (χ3n) is 4.03. The van der Waals surface area contributed by atoms with Crippen molar-refractivity contribution in [2.24, 2.45) is 0 Å². The van der Waals surface area contributed by atoms with Gasteiger partial charge in [-0.05, 0) is 35.4 Å².